The molecule has 3 N–H and O–H groups in total. The number of benzene rings is 1. The van der Waals surface area contributed by atoms with Crippen LogP contribution in [0.1, 0.15) is 39.6 Å². The van der Waals surface area contributed by atoms with Gasteiger partial charge in [0, 0.05) is 56.1 Å². The molecule has 1 aromatic carbocycles. The summed E-state index contributed by atoms with van der Waals surface area (Å²) >= 11 is 7.11. The second kappa shape index (κ2) is 11.8. The molecule has 1 aliphatic carbocycles. The molecular formula is C26H32ClFN6O3S. The first kappa shape index (κ1) is 28.0. The van der Waals surface area contributed by atoms with Gasteiger partial charge in [-0.25, -0.2) is 9.37 Å². The van der Waals surface area contributed by atoms with Gasteiger partial charge in [0.2, 0.25) is 5.91 Å². The maximum atomic E-state index is 13.8. The van der Waals surface area contributed by atoms with Crippen molar-refractivity contribution >= 4 is 46.3 Å². The third-order valence-corrected chi connectivity index (χ3v) is 8.27. The Balaban J connectivity index is 1.46. The fourth-order valence-electron chi connectivity index (χ4n) is 4.80. The van der Waals surface area contributed by atoms with Gasteiger partial charge in [0.1, 0.15) is 5.82 Å². The molecule has 0 unspecified atom stereocenters. The number of fused-ring (bicyclic) bond motifs is 1. The van der Waals surface area contributed by atoms with Crippen molar-refractivity contribution in [3.63, 3.8) is 0 Å². The normalized spacial score (nSPS) is 21.2. The minimum Gasteiger partial charge on any atom is -0.351 e. The number of nitrogens with zero attached hydrogens (tertiary/aromatic N) is 3. The molecule has 1 saturated carbocycles. The van der Waals surface area contributed by atoms with Crippen LogP contribution in [0.25, 0.3) is 0 Å². The van der Waals surface area contributed by atoms with Gasteiger partial charge in [-0.2, -0.15) is 0 Å². The highest BCUT2D eigenvalue weighted by molar-refractivity contribution is 7.13. The fourth-order valence-corrected chi connectivity index (χ4v) is 6.01. The quantitative estimate of drug-likeness (QED) is 0.448. The zero-order valence-corrected chi connectivity index (χ0v) is 23.2. The van der Waals surface area contributed by atoms with Crippen LogP contribution in [0.4, 0.5) is 10.1 Å². The number of amides is 3. The van der Waals surface area contributed by atoms with Gasteiger partial charge in [-0.3, -0.25) is 14.4 Å². The molecule has 4 rings (SSSR count). The Hall–Kier alpha value is -3.02. The Bertz CT molecular complexity index is 1250. The van der Waals surface area contributed by atoms with Gasteiger partial charge in [-0.15, -0.1) is 11.3 Å². The average Bonchev–Trinajstić information content (AvgIpc) is 3.30. The van der Waals surface area contributed by atoms with Crippen molar-refractivity contribution in [2.45, 2.75) is 44.3 Å². The van der Waals surface area contributed by atoms with Gasteiger partial charge in [0.25, 0.3) is 11.8 Å². The van der Waals surface area contributed by atoms with E-state index in [1.807, 2.05) is 7.05 Å². The van der Waals surface area contributed by atoms with Crippen LogP contribution < -0.4 is 16.0 Å². The number of nitrogens with one attached hydrogen (secondary N) is 3. The summed E-state index contributed by atoms with van der Waals surface area (Å²) in [4.78, 5) is 48.3. The van der Waals surface area contributed by atoms with Crippen molar-refractivity contribution in [1.29, 1.82) is 0 Å². The molecule has 0 bridgehead atoms. The fraction of sp³-hybridized carbons (Fsp3) is 0.462. The maximum absolute atomic E-state index is 13.8. The number of aromatic nitrogens is 1. The lowest BCUT2D eigenvalue weighted by atomic mass is 9.81. The molecule has 204 valence electrons. The number of rotatable bonds is 7. The Morgan fingerprint density at radius 3 is 2.68 bits per heavy atom. The van der Waals surface area contributed by atoms with E-state index >= 15 is 0 Å². The standard InChI is InChI=1S/C26H32ClFN6O3S/c1-14(29-16-6-7-17(27)18(28)12-16)23(35)30-19-8-5-15(26(37)33(2)3)11-21(19)31-24(36)25-32-20-9-10-34(4)13-22(20)38-25/h6-7,12,15,19,21,29H,1,5,8-11,13H2,2-4H3,(H,30,35)(H,31,36)/t15-,19-,21+/m0/s1. The zero-order chi connectivity index (χ0) is 27.6. The minimum absolute atomic E-state index is 0.0139. The molecule has 2 heterocycles. The molecule has 3 atom stereocenters. The van der Waals surface area contributed by atoms with Crippen LogP contribution in [0, 0.1) is 11.7 Å². The summed E-state index contributed by atoms with van der Waals surface area (Å²) in [6, 6.07) is 3.18. The van der Waals surface area contributed by atoms with E-state index < -0.39 is 23.8 Å². The molecule has 1 aliphatic heterocycles. The van der Waals surface area contributed by atoms with Gasteiger partial charge >= 0.3 is 0 Å². The zero-order valence-electron chi connectivity index (χ0n) is 21.6. The van der Waals surface area contributed by atoms with Crippen LogP contribution in [0.15, 0.2) is 30.5 Å². The first-order valence-corrected chi connectivity index (χ1v) is 13.6. The summed E-state index contributed by atoms with van der Waals surface area (Å²) in [5, 5.41) is 9.11. The highest BCUT2D eigenvalue weighted by Crippen LogP contribution is 2.29. The van der Waals surface area contributed by atoms with Crippen molar-refractivity contribution in [3.05, 3.63) is 56.9 Å². The van der Waals surface area contributed by atoms with E-state index in [0.717, 1.165) is 30.1 Å². The Kier molecular flexibility index (Phi) is 8.69. The number of hydrogen-bond donors (Lipinski definition) is 3. The van der Waals surface area contributed by atoms with Gasteiger partial charge in [0.05, 0.1) is 22.5 Å². The van der Waals surface area contributed by atoms with Crippen molar-refractivity contribution in [1.82, 2.24) is 25.4 Å². The van der Waals surface area contributed by atoms with E-state index in [-0.39, 0.29) is 28.5 Å². The highest BCUT2D eigenvalue weighted by atomic mass is 35.5. The summed E-state index contributed by atoms with van der Waals surface area (Å²) in [6.45, 7) is 5.42. The molecule has 3 amide bonds. The number of carbonyl (C=O) groups is 3. The molecule has 0 saturated heterocycles. The van der Waals surface area contributed by atoms with Crippen molar-refractivity contribution in [2.24, 2.45) is 5.92 Å². The second-order valence-electron chi connectivity index (χ2n) is 10.0. The third kappa shape index (κ3) is 6.51. The monoisotopic (exact) mass is 562 g/mol. The first-order chi connectivity index (χ1) is 18.0. The largest absolute Gasteiger partial charge is 0.351 e. The van der Waals surface area contributed by atoms with E-state index in [1.165, 1.54) is 29.5 Å². The highest BCUT2D eigenvalue weighted by Gasteiger charge is 2.37. The van der Waals surface area contributed by atoms with E-state index in [9.17, 15) is 18.8 Å². The number of halogens is 2. The summed E-state index contributed by atoms with van der Waals surface area (Å²) in [7, 11) is 5.44. The Morgan fingerprint density at radius 2 is 1.97 bits per heavy atom. The van der Waals surface area contributed by atoms with Crippen molar-refractivity contribution in [2.75, 3.05) is 33.0 Å². The molecule has 9 nitrogen and oxygen atoms in total. The predicted molar refractivity (Wildman–Crippen MR) is 146 cm³/mol. The van der Waals surface area contributed by atoms with E-state index in [1.54, 1.807) is 19.0 Å². The summed E-state index contributed by atoms with van der Waals surface area (Å²) in [5.74, 6) is -1.72. The second-order valence-corrected chi connectivity index (χ2v) is 11.5. The molecule has 1 fully saturated rings. The lowest BCUT2D eigenvalue weighted by molar-refractivity contribution is -0.134. The molecule has 0 radical (unpaired) electrons. The molecule has 38 heavy (non-hydrogen) atoms. The molecule has 2 aliphatic rings. The summed E-state index contributed by atoms with van der Waals surface area (Å²) < 4.78 is 13.8. The molecular weight excluding hydrogens is 531 g/mol. The van der Waals surface area contributed by atoms with Crippen LogP contribution in [0.2, 0.25) is 5.02 Å². The maximum Gasteiger partial charge on any atom is 0.280 e. The predicted octanol–water partition coefficient (Wildman–Crippen LogP) is 3.02. The molecule has 12 heteroatoms. The van der Waals surface area contributed by atoms with Gasteiger partial charge in [-0.05, 0) is 44.5 Å². The number of hydrogen-bond acceptors (Lipinski definition) is 7. The molecule has 0 spiro atoms. The van der Waals surface area contributed by atoms with Crippen LogP contribution in [-0.4, -0.2) is 72.3 Å². The topological polar surface area (TPSA) is 107 Å². The lowest BCUT2D eigenvalue weighted by Gasteiger charge is -2.37. The van der Waals surface area contributed by atoms with Gasteiger partial charge in [0.15, 0.2) is 5.01 Å². The number of carbonyl (C=O) groups excluding carboxylic acids is 3. The van der Waals surface area contributed by atoms with Crippen molar-refractivity contribution in [3.8, 4) is 0 Å². The van der Waals surface area contributed by atoms with Gasteiger partial charge in [-0.1, -0.05) is 18.2 Å². The van der Waals surface area contributed by atoms with Crippen LogP contribution in [0.3, 0.4) is 0 Å². The lowest BCUT2D eigenvalue weighted by Crippen LogP contribution is -2.56. The van der Waals surface area contributed by atoms with Crippen LogP contribution in [-0.2, 0) is 22.6 Å². The number of anilines is 1. The van der Waals surface area contributed by atoms with E-state index in [2.05, 4.69) is 32.4 Å². The number of thiazole rings is 1. The molecule has 1 aromatic heterocycles. The van der Waals surface area contributed by atoms with E-state index in [0.29, 0.717) is 30.0 Å². The average molecular weight is 563 g/mol. The first-order valence-electron chi connectivity index (χ1n) is 12.4. The van der Waals surface area contributed by atoms with Crippen LogP contribution in [0.5, 0.6) is 0 Å². The van der Waals surface area contributed by atoms with Crippen molar-refractivity contribution < 1.29 is 18.8 Å². The minimum atomic E-state index is -0.618. The van der Waals surface area contributed by atoms with Gasteiger partial charge < -0.3 is 25.8 Å². The smallest absolute Gasteiger partial charge is 0.280 e. The third-order valence-electron chi connectivity index (χ3n) is 6.88. The van der Waals surface area contributed by atoms with E-state index in [4.69, 9.17) is 11.6 Å². The summed E-state index contributed by atoms with van der Waals surface area (Å²) in [5.41, 5.74) is 1.30. The Labute approximate surface area is 230 Å². The number of likely N-dealkylation sites (N-methyl/N-ethyl adjacent to an activating group) is 1. The van der Waals surface area contributed by atoms with Crippen LogP contribution >= 0.6 is 22.9 Å². The SMILES string of the molecule is C=C(Nc1ccc(Cl)c(F)c1)C(=O)N[C@H]1CC[C@H](C(=O)N(C)C)C[C@H]1NC(=O)c1nc2c(s1)CN(C)CC2. The Morgan fingerprint density at radius 1 is 1.21 bits per heavy atom. The summed E-state index contributed by atoms with van der Waals surface area (Å²) in [6.07, 6.45) is 2.23. The molecule has 2 aromatic rings.